The second-order valence-electron chi connectivity index (χ2n) is 4.68. The second-order valence-corrected chi connectivity index (χ2v) is 5.08. The molecule has 1 saturated heterocycles. The van der Waals surface area contributed by atoms with Crippen molar-refractivity contribution in [2.24, 2.45) is 0 Å². The minimum absolute atomic E-state index is 0.0838. The van der Waals surface area contributed by atoms with E-state index in [9.17, 15) is 9.59 Å². The van der Waals surface area contributed by atoms with Crippen LogP contribution < -0.4 is 4.74 Å². The molecule has 20 heavy (non-hydrogen) atoms. The summed E-state index contributed by atoms with van der Waals surface area (Å²) in [6.45, 7) is 1.08. The number of aliphatic carboxylic acids is 1. The van der Waals surface area contributed by atoms with Gasteiger partial charge in [0.1, 0.15) is 5.75 Å². The fourth-order valence-electron chi connectivity index (χ4n) is 2.17. The number of rotatable bonds is 4. The molecule has 1 aromatic rings. The van der Waals surface area contributed by atoms with Gasteiger partial charge in [0, 0.05) is 13.1 Å². The van der Waals surface area contributed by atoms with Gasteiger partial charge in [0.25, 0.3) is 5.91 Å². The van der Waals surface area contributed by atoms with E-state index in [1.54, 1.807) is 17.0 Å². The molecule has 5 nitrogen and oxygen atoms in total. The van der Waals surface area contributed by atoms with Gasteiger partial charge < -0.3 is 14.7 Å². The lowest BCUT2D eigenvalue weighted by molar-refractivity contribution is -0.139. The number of nitrogens with zero attached hydrogens (tertiary/aromatic N) is 1. The van der Waals surface area contributed by atoms with Gasteiger partial charge in [0.15, 0.2) is 6.61 Å². The van der Waals surface area contributed by atoms with Gasteiger partial charge in [0.05, 0.1) is 10.6 Å². The van der Waals surface area contributed by atoms with Gasteiger partial charge in [-0.25, -0.2) is 4.79 Å². The van der Waals surface area contributed by atoms with E-state index in [0.29, 0.717) is 11.3 Å². The Morgan fingerprint density at radius 3 is 2.55 bits per heavy atom. The monoisotopic (exact) mass is 297 g/mol. The number of piperidine rings is 1. The molecule has 108 valence electrons. The Kier molecular flexibility index (Phi) is 4.84. The first-order valence-electron chi connectivity index (χ1n) is 6.51. The van der Waals surface area contributed by atoms with Gasteiger partial charge in [-0.15, -0.1) is 0 Å². The molecule has 0 atom stereocenters. The van der Waals surface area contributed by atoms with Crippen molar-refractivity contribution in [2.75, 3.05) is 19.7 Å². The van der Waals surface area contributed by atoms with Crippen LogP contribution in [0.15, 0.2) is 18.2 Å². The number of carboxylic acids is 1. The van der Waals surface area contributed by atoms with Gasteiger partial charge in [-0.05, 0) is 37.5 Å². The number of amides is 1. The van der Waals surface area contributed by atoms with Gasteiger partial charge in [-0.3, -0.25) is 4.79 Å². The standard InChI is InChI=1S/C14H16ClNO4/c15-12-8-10(20-9-13(17)18)4-5-11(12)14(19)16-6-2-1-3-7-16/h4-5,8H,1-3,6-7,9H2,(H,17,18). The number of likely N-dealkylation sites (tertiary alicyclic amines) is 1. The van der Waals surface area contributed by atoms with Gasteiger partial charge >= 0.3 is 5.97 Å². The number of benzene rings is 1. The molecule has 1 aliphatic heterocycles. The van der Waals surface area contributed by atoms with E-state index < -0.39 is 12.6 Å². The van der Waals surface area contributed by atoms with Crippen molar-refractivity contribution in [2.45, 2.75) is 19.3 Å². The van der Waals surface area contributed by atoms with Crippen molar-refractivity contribution >= 4 is 23.5 Å². The number of ether oxygens (including phenoxy) is 1. The van der Waals surface area contributed by atoms with Gasteiger partial charge in [-0.2, -0.15) is 0 Å². The molecule has 1 N–H and O–H groups in total. The highest BCUT2D eigenvalue weighted by Gasteiger charge is 2.20. The second kappa shape index (κ2) is 6.61. The van der Waals surface area contributed by atoms with Crippen LogP contribution in [0.5, 0.6) is 5.75 Å². The Bertz CT molecular complexity index is 512. The first kappa shape index (κ1) is 14.7. The summed E-state index contributed by atoms with van der Waals surface area (Å²) in [6.07, 6.45) is 3.19. The molecule has 0 aliphatic carbocycles. The summed E-state index contributed by atoms with van der Waals surface area (Å²) in [5.41, 5.74) is 0.427. The highest BCUT2D eigenvalue weighted by Crippen LogP contribution is 2.25. The molecule has 0 spiro atoms. The van der Waals surface area contributed by atoms with Crippen molar-refractivity contribution in [1.82, 2.24) is 4.90 Å². The molecule has 1 aliphatic rings. The van der Waals surface area contributed by atoms with Crippen LogP contribution in [0.1, 0.15) is 29.6 Å². The lowest BCUT2D eigenvalue weighted by Gasteiger charge is -2.27. The Hall–Kier alpha value is -1.75. The average Bonchev–Trinajstić information content (AvgIpc) is 2.45. The van der Waals surface area contributed by atoms with Crippen LogP contribution in [0.25, 0.3) is 0 Å². The van der Waals surface area contributed by atoms with Crippen LogP contribution in [0.2, 0.25) is 5.02 Å². The van der Waals surface area contributed by atoms with Crippen molar-refractivity contribution in [3.05, 3.63) is 28.8 Å². The number of halogens is 1. The van der Waals surface area contributed by atoms with Gasteiger partial charge in [-0.1, -0.05) is 11.6 Å². The topological polar surface area (TPSA) is 66.8 Å². The van der Waals surface area contributed by atoms with E-state index in [1.165, 1.54) is 6.07 Å². The molecular weight excluding hydrogens is 282 g/mol. The third-order valence-corrected chi connectivity index (χ3v) is 3.49. The molecule has 1 heterocycles. The summed E-state index contributed by atoms with van der Waals surface area (Å²) in [5.74, 6) is -0.804. The molecular formula is C14H16ClNO4. The summed E-state index contributed by atoms with van der Waals surface area (Å²) in [7, 11) is 0. The first-order valence-corrected chi connectivity index (χ1v) is 6.89. The molecule has 2 rings (SSSR count). The molecule has 1 aromatic carbocycles. The maximum Gasteiger partial charge on any atom is 0.341 e. The fraction of sp³-hybridized carbons (Fsp3) is 0.429. The summed E-state index contributed by atoms with van der Waals surface area (Å²) in [4.78, 5) is 24.5. The van der Waals surface area contributed by atoms with Crippen molar-refractivity contribution in [1.29, 1.82) is 0 Å². The zero-order chi connectivity index (χ0) is 14.5. The minimum atomic E-state index is -1.06. The normalized spacial score (nSPS) is 14.9. The SMILES string of the molecule is O=C(O)COc1ccc(C(=O)N2CCCCC2)c(Cl)c1. The molecule has 1 fully saturated rings. The zero-order valence-corrected chi connectivity index (χ0v) is 11.7. The van der Waals surface area contributed by atoms with E-state index >= 15 is 0 Å². The molecule has 6 heteroatoms. The number of carbonyl (C=O) groups is 2. The van der Waals surface area contributed by atoms with Crippen LogP contribution in [-0.4, -0.2) is 41.6 Å². The maximum atomic E-state index is 12.3. The summed E-state index contributed by atoms with van der Waals surface area (Å²) in [6, 6.07) is 4.62. The smallest absolute Gasteiger partial charge is 0.341 e. The number of carbonyl (C=O) groups excluding carboxylic acids is 1. The van der Waals surface area contributed by atoms with Crippen molar-refractivity contribution < 1.29 is 19.4 Å². The van der Waals surface area contributed by atoms with E-state index in [-0.39, 0.29) is 10.9 Å². The quantitative estimate of drug-likeness (QED) is 0.927. The number of hydrogen-bond acceptors (Lipinski definition) is 3. The first-order chi connectivity index (χ1) is 9.58. The third-order valence-electron chi connectivity index (χ3n) is 3.18. The molecule has 0 aromatic heterocycles. The van der Waals surface area contributed by atoms with Crippen molar-refractivity contribution in [3.8, 4) is 5.75 Å². The highest BCUT2D eigenvalue weighted by atomic mass is 35.5. The average molecular weight is 298 g/mol. The Morgan fingerprint density at radius 1 is 1.25 bits per heavy atom. The fourth-order valence-corrected chi connectivity index (χ4v) is 2.42. The summed E-state index contributed by atoms with van der Waals surface area (Å²) >= 11 is 6.08. The van der Waals surface area contributed by atoms with Crippen LogP contribution in [0.3, 0.4) is 0 Å². The zero-order valence-electron chi connectivity index (χ0n) is 11.0. The lowest BCUT2D eigenvalue weighted by Crippen LogP contribution is -2.35. The summed E-state index contributed by atoms with van der Waals surface area (Å²) in [5, 5.41) is 8.82. The molecule has 0 bridgehead atoms. The predicted octanol–water partition coefficient (Wildman–Crippen LogP) is 2.43. The van der Waals surface area contributed by atoms with Crippen LogP contribution >= 0.6 is 11.6 Å². The maximum absolute atomic E-state index is 12.3. The van der Waals surface area contributed by atoms with Crippen LogP contribution in [-0.2, 0) is 4.79 Å². The predicted molar refractivity (Wildman–Crippen MR) is 74.3 cm³/mol. The molecule has 0 saturated carbocycles. The summed E-state index contributed by atoms with van der Waals surface area (Å²) < 4.78 is 5.02. The Balaban J connectivity index is 2.08. The molecule has 1 amide bonds. The Labute approximate surface area is 122 Å². The van der Waals surface area contributed by atoms with E-state index in [0.717, 1.165) is 32.4 Å². The number of hydrogen-bond donors (Lipinski definition) is 1. The number of carboxylic acid groups (broad SMARTS) is 1. The molecule has 0 radical (unpaired) electrons. The Morgan fingerprint density at radius 2 is 1.95 bits per heavy atom. The lowest BCUT2D eigenvalue weighted by atomic mass is 10.1. The van der Waals surface area contributed by atoms with E-state index in [1.807, 2.05) is 0 Å². The highest BCUT2D eigenvalue weighted by molar-refractivity contribution is 6.34. The van der Waals surface area contributed by atoms with E-state index in [4.69, 9.17) is 21.4 Å². The van der Waals surface area contributed by atoms with Crippen LogP contribution in [0.4, 0.5) is 0 Å². The minimum Gasteiger partial charge on any atom is -0.482 e. The van der Waals surface area contributed by atoms with Crippen molar-refractivity contribution in [3.63, 3.8) is 0 Å². The van der Waals surface area contributed by atoms with E-state index in [2.05, 4.69) is 0 Å². The van der Waals surface area contributed by atoms with Crippen LogP contribution in [0, 0.1) is 0 Å². The van der Waals surface area contributed by atoms with Gasteiger partial charge in [0.2, 0.25) is 0 Å². The third kappa shape index (κ3) is 3.63. The largest absolute Gasteiger partial charge is 0.482 e. The molecule has 0 unspecified atom stereocenters.